The van der Waals surface area contributed by atoms with Crippen LogP contribution >= 0.6 is 24.0 Å². The second-order valence-electron chi connectivity index (χ2n) is 6.82. The van der Waals surface area contributed by atoms with E-state index in [1.165, 1.54) is 0 Å². The molecule has 1 N–H and O–H groups in total. The lowest BCUT2D eigenvalue weighted by Crippen LogP contribution is -2.52. The molecule has 30 heavy (non-hydrogen) atoms. The van der Waals surface area contributed by atoms with Gasteiger partial charge >= 0.3 is 0 Å². The van der Waals surface area contributed by atoms with Crippen molar-refractivity contribution in [1.29, 1.82) is 0 Å². The van der Waals surface area contributed by atoms with Gasteiger partial charge in [0.1, 0.15) is 0 Å². The molecule has 1 heterocycles. The Morgan fingerprint density at radius 2 is 1.67 bits per heavy atom. The van der Waals surface area contributed by atoms with E-state index in [1.807, 2.05) is 26.1 Å². The second kappa shape index (κ2) is 14.5. The number of piperazine rings is 1. The number of benzene rings is 1. The summed E-state index contributed by atoms with van der Waals surface area (Å²) in [5.74, 6) is 2.98. The van der Waals surface area contributed by atoms with Crippen LogP contribution in [0, 0.1) is 0 Å². The molecule has 1 fully saturated rings. The van der Waals surface area contributed by atoms with Crippen molar-refractivity contribution in [1.82, 2.24) is 15.1 Å². The number of aliphatic imine (C=N–C) groups is 1. The van der Waals surface area contributed by atoms with Gasteiger partial charge in [-0.25, -0.2) is 0 Å². The molecule has 1 aliphatic rings. The number of hydrogen-bond acceptors (Lipinski definition) is 6. The zero-order valence-electron chi connectivity index (χ0n) is 18.9. The summed E-state index contributed by atoms with van der Waals surface area (Å²) in [6.07, 6.45) is 0.980. The molecule has 0 bridgehead atoms. The van der Waals surface area contributed by atoms with Gasteiger partial charge in [-0.1, -0.05) is 0 Å². The molecule has 1 aromatic carbocycles. The van der Waals surface area contributed by atoms with E-state index >= 15 is 0 Å². The molecule has 1 aliphatic heterocycles. The third-order valence-corrected chi connectivity index (χ3v) is 4.97. The first-order valence-electron chi connectivity index (χ1n) is 10.2. The minimum atomic E-state index is 0. The van der Waals surface area contributed by atoms with Crippen LogP contribution in [0.15, 0.2) is 17.1 Å². The first-order valence-corrected chi connectivity index (χ1v) is 10.2. The fourth-order valence-electron chi connectivity index (χ4n) is 3.45. The van der Waals surface area contributed by atoms with Gasteiger partial charge in [0.25, 0.3) is 0 Å². The van der Waals surface area contributed by atoms with Crippen LogP contribution in [0.25, 0.3) is 0 Å². The Labute approximate surface area is 197 Å². The molecule has 1 saturated heterocycles. The molecule has 0 unspecified atom stereocenters. The number of methoxy groups -OCH3 is 3. The molecule has 0 amide bonds. The molecule has 2 rings (SSSR count). The third-order valence-electron chi connectivity index (χ3n) is 4.97. The quantitative estimate of drug-likeness (QED) is 0.213. The van der Waals surface area contributed by atoms with Crippen LogP contribution in [0.3, 0.4) is 0 Å². The van der Waals surface area contributed by atoms with Crippen molar-refractivity contribution in [2.75, 3.05) is 74.3 Å². The maximum atomic E-state index is 5.47. The van der Waals surface area contributed by atoms with Gasteiger partial charge in [0, 0.05) is 59.5 Å². The van der Waals surface area contributed by atoms with Gasteiger partial charge in [-0.05, 0) is 31.0 Å². The van der Waals surface area contributed by atoms with E-state index in [0.29, 0.717) is 17.2 Å². The number of hydrogen-bond donors (Lipinski definition) is 1. The minimum Gasteiger partial charge on any atom is -0.493 e. The molecule has 0 aliphatic carbocycles. The number of ether oxygens (including phenoxy) is 4. The Morgan fingerprint density at radius 3 is 2.17 bits per heavy atom. The highest BCUT2D eigenvalue weighted by Gasteiger charge is 2.21. The zero-order chi connectivity index (χ0) is 21.1. The number of rotatable bonds is 10. The van der Waals surface area contributed by atoms with Crippen molar-refractivity contribution in [3.63, 3.8) is 0 Å². The second-order valence-corrected chi connectivity index (χ2v) is 6.82. The lowest BCUT2D eigenvalue weighted by Gasteiger charge is -2.36. The molecule has 1 aromatic rings. The van der Waals surface area contributed by atoms with Crippen LogP contribution in [0.4, 0.5) is 0 Å². The lowest BCUT2D eigenvalue weighted by molar-refractivity contribution is 0.145. The van der Waals surface area contributed by atoms with E-state index < -0.39 is 0 Å². The SMILES string of the molecule is CCOCCCNC(=NC)N1CCN(Cc2cc(OC)c(OC)c(OC)c2)CC1.I. The maximum absolute atomic E-state index is 5.47. The van der Waals surface area contributed by atoms with Crippen LogP contribution in [-0.2, 0) is 11.3 Å². The van der Waals surface area contributed by atoms with Crippen LogP contribution in [0.5, 0.6) is 17.2 Å². The van der Waals surface area contributed by atoms with Gasteiger partial charge < -0.3 is 29.2 Å². The highest BCUT2D eigenvalue weighted by molar-refractivity contribution is 14.0. The van der Waals surface area contributed by atoms with Crippen LogP contribution < -0.4 is 19.5 Å². The standard InChI is InChI=1S/C21H36N4O4.HI/c1-6-29-13-7-8-23-21(22-2)25-11-9-24(10-12-25)16-17-14-18(26-3)20(28-5)19(15-17)27-4;/h14-15H,6-13,16H2,1-5H3,(H,22,23);1H. The van der Waals surface area contributed by atoms with Gasteiger partial charge in [-0.15, -0.1) is 24.0 Å². The monoisotopic (exact) mass is 536 g/mol. The van der Waals surface area contributed by atoms with Crippen LogP contribution in [0.2, 0.25) is 0 Å². The van der Waals surface area contributed by atoms with Crippen molar-refractivity contribution in [3.8, 4) is 17.2 Å². The minimum absolute atomic E-state index is 0. The van der Waals surface area contributed by atoms with E-state index in [1.54, 1.807) is 21.3 Å². The smallest absolute Gasteiger partial charge is 0.203 e. The Bertz CT molecular complexity index is 627. The fourth-order valence-corrected chi connectivity index (χ4v) is 3.45. The summed E-state index contributed by atoms with van der Waals surface area (Å²) in [5, 5.41) is 3.44. The predicted octanol–water partition coefficient (Wildman–Crippen LogP) is 2.45. The molecule has 0 saturated carbocycles. The summed E-state index contributed by atoms with van der Waals surface area (Å²) in [6.45, 7) is 9.09. The molecule has 0 spiro atoms. The summed E-state index contributed by atoms with van der Waals surface area (Å²) in [6, 6.07) is 4.04. The number of nitrogens with one attached hydrogen (secondary N) is 1. The highest BCUT2D eigenvalue weighted by atomic mass is 127. The van der Waals surface area contributed by atoms with Gasteiger partial charge in [0.05, 0.1) is 21.3 Å². The van der Waals surface area contributed by atoms with Crippen LogP contribution in [-0.4, -0.2) is 90.1 Å². The third kappa shape index (κ3) is 7.66. The van der Waals surface area contributed by atoms with E-state index in [2.05, 4.69) is 20.1 Å². The van der Waals surface area contributed by atoms with E-state index in [9.17, 15) is 0 Å². The van der Waals surface area contributed by atoms with E-state index in [0.717, 1.165) is 70.4 Å². The normalized spacial score (nSPS) is 14.8. The van der Waals surface area contributed by atoms with Crippen LogP contribution in [0.1, 0.15) is 18.9 Å². The summed E-state index contributed by atoms with van der Waals surface area (Å²) in [7, 11) is 6.75. The van der Waals surface area contributed by atoms with Gasteiger partial charge in [-0.2, -0.15) is 0 Å². The zero-order valence-corrected chi connectivity index (χ0v) is 21.2. The number of halogens is 1. The van der Waals surface area contributed by atoms with Crippen molar-refractivity contribution in [2.24, 2.45) is 4.99 Å². The number of nitrogens with zero attached hydrogens (tertiary/aromatic N) is 3. The maximum Gasteiger partial charge on any atom is 0.203 e. The molecule has 8 nitrogen and oxygen atoms in total. The first-order chi connectivity index (χ1) is 14.2. The van der Waals surface area contributed by atoms with Gasteiger partial charge in [0.2, 0.25) is 5.75 Å². The molecule has 9 heteroatoms. The Morgan fingerprint density at radius 1 is 1.03 bits per heavy atom. The molecule has 0 aromatic heterocycles. The summed E-state index contributed by atoms with van der Waals surface area (Å²) >= 11 is 0. The van der Waals surface area contributed by atoms with Crippen molar-refractivity contribution in [2.45, 2.75) is 19.9 Å². The van der Waals surface area contributed by atoms with Gasteiger partial charge in [0.15, 0.2) is 17.5 Å². The largest absolute Gasteiger partial charge is 0.493 e. The van der Waals surface area contributed by atoms with Crippen molar-refractivity contribution in [3.05, 3.63) is 17.7 Å². The average Bonchev–Trinajstić information content (AvgIpc) is 2.76. The molecule has 0 atom stereocenters. The van der Waals surface area contributed by atoms with E-state index in [4.69, 9.17) is 18.9 Å². The van der Waals surface area contributed by atoms with Gasteiger partial charge in [-0.3, -0.25) is 9.89 Å². The fraction of sp³-hybridized carbons (Fsp3) is 0.667. The first kappa shape index (κ1) is 26.6. The number of guanidine groups is 1. The molecule has 0 radical (unpaired) electrons. The lowest BCUT2D eigenvalue weighted by atomic mass is 10.1. The van der Waals surface area contributed by atoms with E-state index in [-0.39, 0.29) is 24.0 Å². The highest BCUT2D eigenvalue weighted by Crippen LogP contribution is 2.38. The Balaban J connectivity index is 0.00000450. The summed E-state index contributed by atoms with van der Waals surface area (Å²) < 4.78 is 21.7. The molecular formula is C21H37IN4O4. The molecule has 172 valence electrons. The van der Waals surface area contributed by atoms with Crippen molar-refractivity contribution < 1.29 is 18.9 Å². The molecular weight excluding hydrogens is 499 g/mol. The summed E-state index contributed by atoms with van der Waals surface area (Å²) in [5.41, 5.74) is 1.14. The Hall–Kier alpha value is -1.46. The van der Waals surface area contributed by atoms with Crippen molar-refractivity contribution >= 4 is 29.9 Å². The predicted molar refractivity (Wildman–Crippen MR) is 131 cm³/mol. The Kier molecular flexibility index (Phi) is 12.9. The average molecular weight is 536 g/mol. The summed E-state index contributed by atoms with van der Waals surface area (Å²) in [4.78, 5) is 9.17. The topological polar surface area (TPSA) is 67.8 Å².